The molecule has 0 unspecified atom stereocenters. The Hall–Kier alpha value is -4.86. The molecule has 0 saturated carbocycles. The minimum absolute atomic E-state index is 0.0826. The van der Waals surface area contributed by atoms with Gasteiger partial charge in [-0.25, -0.2) is 0 Å². The van der Waals surface area contributed by atoms with Crippen molar-refractivity contribution in [2.24, 2.45) is 5.92 Å². The van der Waals surface area contributed by atoms with Gasteiger partial charge in [-0.15, -0.1) is 0 Å². The number of hydrogen-bond acceptors (Lipinski definition) is 7. The number of rotatable bonds is 12. The van der Waals surface area contributed by atoms with E-state index in [1.807, 2.05) is 81.6 Å². The summed E-state index contributed by atoms with van der Waals surface area (Å²) in [4.78, 5) is 31.0. The maximum absolute atomic E-state index is 13.9. The second kappa shape index (κ2) is 15.8. The summed E-state index contributed by atoms with van der Waals surface area (Å²) in [7, 11) is 3.61. The second-order valence-corrected chi connectivity index (χ2v) is 12.6. The molecule has 2 amide bonds. The van der Waals surface area contributed by atoms with Crippen molar-refractivity contribution in [3.63, 3.8) is 0 Å². The van der Waals surface area contributed by atoms with Gasteiger partial charge < -0.3 is 29.5 Å². The Morgan fingerprint density at radius 2 is 1.73 bits per heavy atom. The van der Waals surface area contributed by atoms with Crippen LogP contribution >= 0.6 is 0 Å². The zero-order valence-corrected chi connectivity index (χ0v) is 28.3. The summed E-state index contributed by atoms with van der Waals surface area (Å²) >= 11 is 0. The first kappa shape index (κ1) is 34.5. The zero-order valence-electron chi connectivity index (χ0n) is 28.3. The third kappa shape index (κ3) is 8.34. The maximum atomic E-state index is 13.9. The molecule has 0 bridgehead atoms. The number of hydrogen-bond donors (Lipinski definition) is 2. The summed E-state index contributed by atoms with van der Waals surface area (Å²) in [5.74, 6) is 1.96. The third-order valence-electron chi connectivity index (χ3n) is 8.70. The van der Waals surface area contributed by atoms with Crippen molar-refractivity contribution >= 4 is 17.5 Å². The molecule has 2 N–H and O–H groups in total. The highest BCUT2D eigenvalue weighted by atomic mass is 16.5. The number of amides is 2. The van der Waals surface area contributed by atoms with Crippen molar-refractivity contribution in [3.05, 3.63) is 113 Å². The molecule has 4 aromatic rings. The van der Waals surface area contributed by atoms with Crippen LogP contribution in [-0.2, 0) is 17.8 Å². The number of carbonyl (C=O) groups excluding carboxylic acids is 2. The number of benzene rings is 4. The predicted molar refractivity (Wildman–Crippen MR) is 187 cm³/mol. The number of nitrogens with zero attached hydrogens (tertiary/aromatic N) is 2. The smallest absolute Gasteiger partial charge is 0.258 e. The molecule has 5 rings (SSSR count). The highest BCUT2D eigenvalue weighted by Crippen LogP contribution is 2.35. The molecular formula is C39H45N3O6. The van der Waals surface area contributed by atoms with Crippen LogP contribution in [0.4, 0.5) is 5.69 Å². The molecule has 1 heterocycles. The van der Waals surface area contributed by atoms with Crippen LogP contribution in [-0.4, -0.2) is 72.7 Å². The number of fused-ring (bicyclic) bond motifs is 1. The molecule has 4 aromatic carbocycles. The standard InChI is InChI=1S/C39H45N3O6/c1-26-11-6-8-15-34(26)47-31-19-17-29(18-20-31)23-41(4)24-36-27(2)22-42(28(3)25-43)39(45)32-13-10-14-33(38(32)48-36)40-37(44)21-30-12-7-9-16-35(30)46-5/h6-20,27-28,36,43H,21-25H2,1-5H3,(H,40,44)/t27-,28+,36-/m1/s1. The van der Waals surface area contributed by atoms with E-state index in [0.29, 0.717) is 42.4 Å². The summed E-state index contributed by atoms with van der Waals surface area (Å²) in [6.45, 7) is 7.37. The van der Waals surface area contributed by atoms with E-state index in [1.165, 1.54) is 0 Å². The van der Waals surface area contributed by atoms with E-state index < -0.39 is 6.04 Å². The summed E-state index contributed by atoms with van der Waals surface area (Å²) in [6.07, 6.45) is -0.238. The first-order valence-electron chi connectivity index (χ1n) is 16.3. The van der Waals surface area contributed by atoms with Gasteiger partial charge in [0.05, 0.1) is 37.4 Å². The van der Waals surface area contributed by atoms with Gasteiger partial charge in [0.25, 0.3) is 5.91 Å². The summed E-state index contributed by atoms with van der Waals surface area (Å²) < 4.78 is 18.2. The third-order valence-corrected chi connectivity index (χ3v) is 8.70. The highest BCUT2D eigenvalue weighted by Gasteiger charge is 2.34. The van der Waals surface area contributed by atoms with Gasteiger partial charge in [0, 0.05) is 31.1 Å². The van der Waals surface area contributed by atoms with Crippen molar-refractivity contribution in [2.75, 3.05) is 39.2 Å². The quantitative estimate of drug-likeness (QED) is 0.185. The molecule has 3 atom stereocenters. The molecule has 9 heteroatoms. The Bertz CT molecular complexity index is 1710. The lowest BCUT2D eigenvalue weighted by molar-refractivity contribution is -0.115. The highest BCUT2D eigenvalue weighted by molar-refractivity contribution is 6.02. The van der Waals surface area contributed by atoms with Gasteiger partial charge in [0.1, 0.15) is 23.4 Å². The average molecular weight is 652 g/mol. The summed E-state index contributed by atoms with van der Waals surface area (Å²) in [6, 6.07) is 28.2. The fourth-order valence-electron chi connectivity index (χ4n) is 5.92. The second-order valence-electron chi connectivity index (χ2n) is 12.6. The Balaban J connectivity index is 1.35. The number of carbonyl (C=O) groups is 2. The normalized spacial score (nSPS) is 16.7. The van der Waals surface area contributed by atoms with E-state index in [0.717, 1.165) is 28.2 Å². The average Bonchev–Trinajstić information content (AvgIpc) is 3.08. The number of nitrogens with one attached hydrogen (secondary N) is 1. The van der Waals surface area contributed by atoms with Crippen LogP contribution in [0.2, 0.25) is 0 Å². The van der Waals surface area contributed by atoms with E-state index in [4.69, 9.17) is 14.2 Å². The molecule has 0 spiro atoms. The molecule has 0 fully saturated rings. The van der Waals surface area contributed by atoms with Gasteiger partial charge in [0.15, 0.2) is 5.75 Å². The van der Waals surface area contributed by atoms with E-state index in [-0.39, 0.29) is 36.9 Å². The van der Waals surface area contributed by atoms with Gasteiger partial charge in [-0.1, -0.05) is 61.5 Å². The number of aliphatic hydroxyl groups excluding tert-OH is 1. The fraction of sp³-hybridized carbons (Fsp3) is 0.333. The molecular weight excluding hydrogens is 606 g/mol. The van der Waals surface area contributed by atoms with Crippen molar-refractivity contribution in [1.29, 1.82) is 0 Å². The Kier molecular flexibility index (Phi) is 11.4. The van der Waals surface area contributed by atoms with Gasteiger partial charge in [-0.2, -0.15) is 0 Å². The van der Waals surface area contributed by atoms with E-state index in [2.05, 4.69) is 29.3 Å². The van der Waals surface area contributed by atoms with Gasteiger partial charge >= 0.3 is 0 Å². The Labute approximate surface area is 283 Å². The van der Waals surface area contributed by atoms with Crippen LogP contribution in [0.3, 0.4) is 0 Å². The number of ether oxygens (including phenoxy) is 3. The first-order valence-corrected chi connectivity index (χ1v) is 16.3. The van der Waals surface area contributed by atoms with Crippen LogP contribution in [0.15, 0.2) is 91.0 Å². The molecule has 0 radical (unpaired) electrons. The Morgan fingerprint density at radius 3 is 2.44 bits per heavy atom. The molecule has 48 heavy (non-hydrogen) atoms. The first-order chi connectivity index (χ1) is 23.2. The maximum Gasteiger partial charge on any atom is 0.258 e. The minimum Gasteiger partial charge on any atom is -0.496 e. The number of aryl methyl sites for hydroxylation is 1. The molecule has 0 saturated heterocycles. The SMILES string of the molecule is COc1ccccc1CC(=O)Nc1cccc2c1O[C@H](CN(C)Cc1ccc(Oc3ccccc3C)cc1)[C@H](C)CN([C@@H](C)CO)C2=O. The van der Waals surface area contributed by atoms with Gasteiger partial charge in [-0.3, -0.25) is 14.5 Å². The number of likely N-dealkylation sites (N-methyl/N-ethyl adjacent to an activating group) is 1. The van der Waals surface area contributed by atoms with Crippen LogP contribution in [0, 0.1) is 12.8 Å². The van der Waals surface area contributed by atoms with Crippen molar-refractivity contribution in [1.82, 2.24) is 9.80 Å². The van der Waals surface area contributed by atoms with Gasteiger partial charge in [0.2, 0.25) is 5.91 Å². The van der Waals surface area contributed by atoms with Crippen LogP contribution in [0.25, 0.3) is 0 Å². The van der Waals surface area contributed by atoms with Crippen LogP contribution in [0.5, 0.6) is 23.0 Å². The van der Waals surface area contributed by atoms with E-state index >= 15 is 0 Å². The van der Waals surface area contributed by atoms with E-state index in [9.17, 15) is 14.7 Å². The number of methoxy groups -OCH3 is 1. The molecule has 9 nitrogen and oxygen atoms in total. The molecule has 0 aromatic heterocycles. The number of anilines is 1. The van der Waals surface area contributed by atoms with Crippen molar-refractivity contribution in [2.45, 2.75) is 45.9 Å². The monoisotopic (exact) mass is 651 g/mol. The Morgan fingerprint density at radius 1 is 1.02 bits per heavy atom. The summed E-state index contributed by atoms with van der Waals surface area (Å²) in [5.41, 5.74) is 3.70. The lowest BCUT2D eigenvalue weighted by Crippen LogP contribution is -2.49. The largest absolute Gasteiger partial charge is 0.496 e. The van der Waals surface area contributed by atoms with Gasteiger partial charge in [-0.05, 0) is 68.4 Å². The summed E-state index contributed by atoms with van der Waals surface area (Å²) in [5, 5.41) is 13.0. The topological polar surface area (TPSA) is 101 Å². The van der Waals surface area contributed by atoms with Crippen LogP contribution < -0.4 is 19.5 Å². The number of aliphatic hydroxyl groups is 1. The number of para-hydroxylation sites is 3. The van der Waals surface area contributed by atoms with Crippen molar-refractivity contribution in [3.8, 4) is 23.0 Å². The molecule has 1 aliphatic rings. The zero-order chi connectivity index (χ0) is 34.2. The molecule has 0 aliphatic carbocycles. The van der Waals surface area contributed by atoms with Crippen molar-refractivity contribution < 1.29 is 28.9 Å². The minimum atomic E-state index is -0.395. The van der Waals surface area contributed by atoms with E-state index in [1.54, 1.807) is 30.2 Å². The predicted octanol–water partition coefficient (Wildman–Crippen LogP) is 6.33. The molecule has 252 valence electrons. The fourth-order valence-corrected chi connectivity index (χ4v) is 5.92. The lowest BCUT2D eigenvalue weighted by atomic mass is 9.98. The molecule has 1 aliphatic heterocycles. The lowest BCUT2D eigenvalue weighted by Gasteiger charge is -2.38. The van der Waals surface area contributed by atoms with Crippen LogP contribution in [0.1, 0.15) is 40.9 Å².